The number of guanidine groups is 1. The Bertz CT molecular complexity index is 470. The topological polar surface area (TPSA) is 50.4 Å². The Hall–Kier alpha value is -1.19. The fraction of sp³-hybridized carbons (Fsp3) is 0.357. The summed E-state index contributed by atoms with van der Waals surface area (Å²) in [6.45, 7) is 6.99. The van der Waals surface area contributed by atoms with E-state index in [2.05, 4.69) is 16.9 Å². The van der Waals surface area contributed by atoms with E-state index in [4.69, 9.17) is 28.9 Å². The average Bonchev–Trinajstić information content (AvgIpc) is 2.34. The third-order valence-electron chi connectivity index (χ3n) is 2.46. The summed E-state index contributed by atoms with van der Waals surface area (Å²) < 4.78 is 0. The highest BCUT2D eigenvalue weighted by molar-refractivity contribution is 6.35. The van der Waals surface area contributed by atoms with E-state index in [1.807, 2.05) is 19.1 Å². The van der Waals surface area contributed by atoms with Gasteiger partial charge in [0.15, 0.2) is 5.96 Å². The number of nitrogens with one attached hydrogen (secondary N) is 1. The lowest BCUT2D eigenvalue weighted by atomic mass is 10.1. The summed E-state index contributed by atoms with van der Waals surface area (Å²) in [6, 6.07) is 5.55. The first-order valence-electron chi connectivity index (χ1n) is 6.11. The summed E-state index contributed by atoms with van der Waals surface area (Å²) >= 11 is 11.9. The number of halogens is 2. The number of aryl methyl sites for hydroxylation is 1. The van der Waals surface area contributed by atoms with Crippen molar-refractivity contribution in [1.29, 1.82) is 0 Å². The predicted octanol–water partition coefficient (Wildman–Crippen LogP) is 3.41. The van der Waals surface area contributed by atoms with Crippen LogP contribution in [0.4, 0.5) is 0 Å². The first kappa shape index (κ1) is 15.9. The number of rotatable bonds is 6. The van der Waals surface area contributed by atoms with Crippen molar-refractivity contribution in [2.24, 2.45) is 10.7 Å². The largest absolute Gasteiger partial charge is 0.370 e. The lowest BCUT2D eigenvalue weighted by molar-refractivity contribution is 0.767. The van der Waals surface area contributed by atoms with Crippen LogP contribution < -0.4 is 11.1 Å². The van der Waals surface area contributed by atoms with Gasteiger partial charge in [-0.2, -0.15) is 0 Å². The van der Waals surface area contributed by atoms with Crippen LogP contribution in [-0.4, -0.2) is 19.0 Å². The van der Waals surface area contributed by atoms with Gasteiger partial charge < -0.3 is 11.1 Å². The smallest absolute Gasteiger partial charge is 0.188 e. The molecule has 0 fully saturated rings. The van der Waals surface area contributed by atoms with Crippen LogP contribution in [0.25, 0.3) is 0 Å². The van der Waals surface area contributed by atoms with Gasteiger partial charge >= 0.3 is 0 Å². The maximum absolute atomic E-state index is 6.09. The maximum atomic E-state index is 6.09. The van der Waals surface area contributed by atoms with E-state index in [-0.39, 0.29) is 0 Å². The summed E-state index contributed by atoms with van der Waals surface area (Å²) in [6.07, 6.45) is 1.79. The first-order chi connectivity index (χ1) is 8.99. The molecular formula is C14H19Cl2N3. The van der Waals surface area contributed by atoms with Gasteiger partial charge in [0, 0.05) is 16.6 Å². The molecule has 0 unspecified atom stereocenters. The van der Waals surface area contributed by atoms with Gasteiger partial charge in [-0.15, -0.1) is 0 Å². The summed E-state index contributed by atoms with van der Waals surface area (Å²) in [7, 11) is 0. The fourth-order valence-corrected chi connectivity index (χ4v) is 2.00. The molecule has 0 aliphatic heterocycles. The molecule has 0 heterocycles. The maximum Gasteiger partial charge on any atom is 0.188 e. The van der Waals surface area contributed by atoms with Crippen LogP contribution in [0.5, 0.6) is 0 Å². The molecule has 1 aromatic carbocycles. The zero-order valence-corrected chi connectivity index (χ0v) is 12.6. The number of aliphatic imine (C=N–C) groups is 1. The molecule has 0 aliphatic carbocycles. The van der Waals surface area contributed by atoms with E-state index < -0.39 is 0 Å². The van der Waals surface area contributed by atoms with E-state index in [1.165, 1.54) is 0 Å². The van der Waals surface area contributed by atoms with Gasteiger partial charge in [-0.25, -0.2) is 4.99 Å². The minimum absolute atomic E-state index is 0.449. The Kier molecular flexibility index (Phi) is 6.74. The van der Waals surface area contributed by atoms with Crippen LogP contribution in [0.2, 0.25) is 10.0 Å². The highest BCUT2D eigenvalue weighted by atomic mass is 35.5. The van der Waals surface area contributed by atoms with Crippen molar-refractivity contribution < 1.29 is 0 Å². The Balaban J connectivity index is 2.31. The summed E-state index contributed by atoms with van der Waals surface area (Å²) in [5.74, 6) is 0.449. The van der Waals surface area contributed by atoms with Crippen molar-refractivity contribution in [3.05, 3.63) is 46.0 Å². The molecule has 0 saturated heterocycles. The first-order valence-corrected chi connectivity index (χ1v) is 6.86. The Morgan fingerprint density at radius 2 is 2.16 bits per heavy atom. The quantitative estimate of drug-likeness (QED) is 0.366. The second-order valence-electron chi connectivity index (χ2n) is 4.42. The fourth-order valence-electron chi connectivity index (χ4n) is 1.50. The van der Waals surface area contributed by atoms with E-state index in [9.17, 15) is 0 Å². The minimum Gasteiger partial charge on any atom is -0.370 e. The average molecular weight is 300 g/mol. The van der Waals surface area contributed by atoms with Gasteiger partial charge in [0.1, 0.15) is 0 Å². The Labute approximate surface area is 124 Å². The second-order valence-corrected chi connectivity index (χ2v) is 5.27. The molecule has 1 rings (SSSR count). The van der Waals surface area contributed by atoms with Crippen molar-refractivity contribution in [2.45, 2.75) is 19.8 Å². The summed E-state index contributed by atoms with van der Waals surface area (Å²) in [5, 5.41) is 4.42. The van der Waals surface area contributed by atoms with E-state index in [1.54, 1.807) is 6.07 Å². The van der Waals surface area contributed by atoms with Gasteiger partial charge in [-0.1, -0.05) is 41.4 Å². The normalized spacial score (nSPS) is 11.4. The van der Waals surface area contributed by atoms with Gasteiger partial charge in [-0.3, -0.25) is 0 Å². The molecule has 0 atom stereocenters. The SMILES string of the molecule is C=C(C)CN=C(N)NCCCc1ccc(Cl)cc1Cl. The lowest BCUT2D eigenvalue weighted by Gasteiger charge is -2.07. The minimum atomic E-state index is 0.449. The molecule has 5 heteroatoms. The van der Waals surface area contributed by atoms with E-state index in [0.717, 1.165) is 30.5 Å². The van der Waals surface area contributed by atoms with Crippen molar-refractivity contribution in [1.82, 2.24) is 5.32 Å². The Morgan fingerprint density at radius 3 is 2.79 bits per heavy atom. The number of nitrogens with two attached hydrogens (primary N) is 1. The zero-order chi connectivity index (χ0) is 14.3. The molecule has 0 aliphatic rings. The molecule has 104 valence electrons. The third-order valence-corrected chi connectivity index (χ3v) is 3.05. The predicted molar refractivity (Wildman–Crippen MR) is 84.1 cm³/mol. The van der Waals surface area contributed by atoms with Gasteiger partial charge in [0.05, 0.1) is 6.54 Å². The van der Waals surface area contributed by atoms with Crippen molar-refractivity contribution in [3.8, 4) is 0 Å². The van der Waals surface area contributed by atoms with Crippen molar-refractivity contribution in [3.63, 3.8) is 0 Å². The molecule has 3 N–H and O–H groups in total. The molecular weight excluding hydrogens is 281 g/mol. The molecule has 0 spiro atoms. The standard InChI is InChI=1S/C14H19Cl2N3/c1-10(2)9-19-14(17)18-7-3-4-11-5-6-12(15)8-13(11)16/h5-6,8H,1,3-4,7,9H2,2H3,(H3,17,18,19). The van der Waals surface area contributed by atoms with Crippen LogP contribution in [0, 0.1) is 0 Å². The molecule has 0 amide bonds. The van der Waals surface area contributed by atoms with E-state index in [0.29, 0.717) is 22.5 Å². The van der Waals surface area contributed by atoms with Gasteiger partial charge in [0.25, 0.3) is 0 Å². The lowest BCUT2D eigenvalue weighted by Crippen LogP contribution is -2.32. The van der Waals surface area contributed by atoms with Crippen molar-refractivity contribution in [2.75, 3.05) is 13.1 Å². The number of hydrogen-bond acceptors (Lipinski definition) is 1. The number of benzene rings is 1. The van der Waals surface area contributed by atoms with Gasteiger partial charge in [0.2, 0.25) is 0 Å². The van der Waals surface area contributed by atoms with Gasteiger partial charge in [-0.05, 0) is 37.5 Å². The monoisotopic (exact) mass is 299 g/mol. The Morgan fingerprint density at radius 1 is 1.42 bits per heavy atom. The highest BCUT2D eigenvalue weighted by Crippen LogP contribution is 2.21. The molecule has 0 saturated carbocycles. The number of nitrogens with zero attached hydrogens (tertiary/aromatic N) is 1. The highest BCUT2D eigenvalue weighted by Gasteiger charge is 2.01. The molecule has 0 aromatic heterocycles. The summed E-state index contributed by atoms with van der Waals surface area (Å²) in [4.78, 5) is 4.14. The molecule has 0 radical (unpaired) electrons. The molecule has 3 nitrogen and oxygen atoms in total. The molecule has 1 aromatic rings. The van der Waals surface area contributed by atoms with Crippen LogP contribution in [-0.2, 0) is 6.42 Å². The van der Waals surface area contributed by atoms with Crippen LogP contribution >= 0.6 is 23.2 Å². The second kappa shape index (κ2) is 8.08. The number of hydrogen-bond donors (Lipinski definition) is 2. The van der Waals surface area contributed by atoms with E-state index >= 15 is 0 Å². The van der Waals surface area contributed by atoms with Crippen LogP contribution in [0.1, 0.15) is 18.9 Å². The molecule has 19 heavy (non-hydrogen) atoms. The van der Waals surface area contributed by atoms with Crippen molar-refractivity contribution >= 4 is 29.2 Å². The third kappa shape index (κ3) is 6.50. The molecule has 0 bridgehead atoms. The zero-order valence-electron chi connectivity index (χ0n) is 11.0. The van der Waals surface area contributed by atoms with Crippen LogP contribution in [0.3, 0.4) is 0 Å². The summed E-state index contributed by atoms with van der Waals surface area (Å²) in [5.41, 5.74) is 7.78. The van der Waals surface area contributed by atoms with Crippen LogP contribution in [0.15, 0.2) is 35.3 Å².